The Morgan fingerprint density at radius 1 is 1.30 bits per heavy atom. The number of benzene rings is 1. The van der Waals surface area contributed by atoms with Crippen LogP contribution in [0, 0.1) is 12.8 Å². The first-order valence-corrected chi connectivity index (χ1v) is 8.47. The van der Waals surface area contributed by atoms with Gasteiger partial charge in [0.1, 0.15) is 17.6 Å². The van der Waals surface area contributed by atoms with Crippen molar-refractivity contribution in [3.8, 4) is 11.3 Å². The van der Waals surface area contributed by atoms with Crippen LogP contribution >= 0.6 is 15.9 Å². The first-order valence-electron chi connectivity index (χ1n) is 7.68. The maximum absolute atomic E-state index is 11.3. The van der Waals surface area contributed by atoms with Gasteiger partial charge in [-0.25, -0.2) is 0 Å². The minimum absolute atomic E-state index is 0.321. The zero-order valence-corrected chi connectivity index (χ0v) is 15.2. The van der Waals surface area contributed by atoms with Crippen molar-refractivity contribution in [1.29, 1.82) is 0 Å². The van der Waals surface area contributed by atoms with E-state index in [0.29, 0.717) is 18.9 Å². The Balaban J connectivity index is 2.04. The van der Waals surface area contributed by atoms with E-state index in [0.717, 1.165) is 27.1 Å². The second kappa shape index (κ2) is 7.79. The Morgan fingerprint density at radius 2 is 2.04 bits per heavy atom. The lowest BCUT2D eigenvalue weighted by atomic mass is 10.0. The average Bonchev–Trinajstić information content (AvgIpc) is 2.94. The molecule has 23 heavy (non-hydrogen) atoms. The number of aryl methyl sites for hydroxylation is 1. The van der Waals surface area contributed by atoms with Crippen LogP contribution in [0.4, 0.5) is 0 Å². The SMILES string of the molecule is Cc1cc(-c2ccc(CNC(CC(C)C)C(=O)O)o2)ccc1Br. The van der Waals surface area contributed by atoms with E-state index in [9.17, 15) is 9.90 Å². The van der Waals surface area contributed by atoms with Crippen molar-refractivity contribution < 1.29 is 14.3 Å². The standard InChI is InChI=1S/C18H22BrNO3/c1-11(2)8-16(18(21)22)20-10-14-5-7-17(23-14)13-4-6-15(19)12(3)9-13/h4-7,9,11,16,20H,8,10H2,1-3H3,(H,21,22). The molecule has 0 aliphatic heterocycles. The normalized spacial score (nSPS) is 12.6. The maximum atomic E-state index is 11.3. The van der Waals surface area contributed by atoms with E-state index in [1.165, 1.54) is 0 Å². The van der Waals surface area contributed by atoms with Crippen LogP contribution in [-0.2, 0) is 11.3 Å². The molecule has 0 bridgehead atoms. The number of carbonyl (C=O) groups is 1. The van der Waals surface area contributed by atoms with Crippen LogP contribution in [0.1, 0.15) is 31.6 Å². The summed E-state index contributed by atoms with van der Waals surface area (Å²) in [4.78, 5) is 11.3. The number of hydrogen-bond acceptors (Lipinski definition) is 3. The van der Waals surface area contributed by atoms with Gasteiger partial charge in [-0.3, -0.25) is 10.1 Å². The van der Waals surface area contributed by atoms with Crippen LogP contribution in [0.15, 0.2) is 39.2 Å². The van der Waals surface area contributed by atoms with Crippen molar-refractivity contribution in [3.63, 3.8) is 0 Å². The molecule has 1 aromatic carbocycles. The molecule has 2 N–H and O–H groups in total. The van der Waals surface area contributed by atoms with Gasteiger partial charge in [0.25, 0.3) is 0 Å². The molecular weight excluding hydrogens is 358 g/mol. The third-order valence-electron chi connectivity index (χ3n) is 3.63. The molecule has 0 radical (unpaired) electrons. The summed E-state index contributed by atoms with van der Waals surface area (Å²) in [5.41, 5.74) is 2.15. The van der Waals surface area contributed by atoms with E-state index in [1.807, 2.05) is 45.0 Å². The average molecular weight is 380 g/mol. The van der Waals surface area contributed by atoms with Crippen molar-refractivity contribution >= 4 is 21.9 Å². The molecular formula is C18H22BrNO3. The highest BCUT2D eigenvalue weighted by atomic mass is 79.9. The fourth-order valence-electron chi connectivity index (χ4n) is 2.39. The second-order valence-electron chi connectivity index (χ2n) is 6.13. The first kappa shape index (κ1) is 17.8. The molecule has 0 amide bonds. The number of carboxylic acids is 1. The van der Waals surface area contributed by atoms with E-state index >= 15 is 0 Å². The van der Waals surface area contributed by atoms with Gasteiger partial charge < -0.3 is 9.52 Å². The number of hydrogen-bond donors (Lipinski definition) is 2. The minimum atomic E-state index is -0.825. The van der Waals surface area contributed by atoms with E-state index in [4.69, 9.17) is 4.42 Å². The number of nitrogens with one attached hydrogen (secondary N) is 1. The Hall–Kier alpha value is -1.59. The molecule has 124 valence electrons. The van der Waals surface area contributed by atoms with Crippen molar-refractivity contribution in [2.75, 3.05) is 0 Å². The van der Waals surface area contributed by atoms with E-state index in [-0.39, 0.29) is 0 Å². The summed E-state index contributed by atoms with van der Waals surface area (Å²) in [5, 5.41) is 12.3. The van der Waals surface area contributed by atoms with Gasteiger partial charge in [-0.1, -0.05) is 35.8 Å². The summed E-state index contributed by atoms with van der Waals surface area (Å²) in [6, 6.07) is 9.28. The summed E-state index contributed by atoms with van der Waals surface area (Å²) >= 11 is 3.48. The summed E-state index contributed by atoms with van der Waals surface area (Å²) < 4.78 is 6.89. The highest BCUT2D eigenvalue weighted by Crippen LogP contribution is 2.26. The number of carboxylic acid groups (broad SMARTS) is 1. The minimum Gasteiger partial charge on any atom is -0.480 e. The summed E-state index contributed by atoms with van der Waals surface area (Å²) in [7, 11) is 0. The molecule has 1 aromatic heterocycles. The summed E-state index contributed by atoms with van der Waals surface area (Å²) in [6.45, 7) is 6.46. The molecule has 1 atom stereocenters. The molecule has 0 fully saturated rings. The lowest BCUT2D eigenvalue weighted by Crippen LogP contribution is -2.37. The Kier molecular flexibility index (Phi) is 6.02. The van der Waals surface area contributed by atoms with E-state index in [1.54, 1.807) is 0 Å². The van der Waals surface area contributed by atoms with Gasteiger partial charge in [0, 0.05) is 10.0 Å². The fraction of sp³-hybridized carbons (Fsp3) is 0.389. The smallest absolute Gasteiger partial charge is 0.320 e. The topological polar surface area (TPSA) is 62.5 Å². The first-order chi connectivity index (χ1) is 10.9. The predicted molar refractivity (Wildman–Crippen MR) is 94.3 cm³/mol. The van der Waals surface area contributed by atoms with Gasteiger partial charge >= 0.3 is 5.97 Å². The summed E-state index contributed by atoms with van der Waals surface area (Å²) in [6.07, 6.45) is 0.592. The highest BCUT2D eigenvalue weighted by Gasteiger charge is 2.18. The molecule has 0 saturated heterocycles. The quantitative estimate of drug-likeness (QED) is 0.737. The third-order valence-corrected chi connectivity index (χ3v) is 4.52. The van der Waals surface area contributed by atoms with Crippen LogP contribution in [0.3, 0.4) is 0 Å². The molecule has 0 saturated carbocycles. The number of rotatable bonds is 7. The molecule has 2 aromatic rings. The van der Waals surface area contributed by atoms with Crippen molar-refractivity contribution in [2.24, 2.45) is 5.92 Å². The molecule has 2 rings (SSSR count). The van der Waals surface area contributed by atoms with Gasteiger partial charge in [0.15, 0.2) is 0 Å². The fourth-order valence-corrected chi connectivity index (χ4v) is 2.64. The van der Waals surface area contributed by atoms with Gasteiger partial charge in [0.05, 0.1) is 6.54 Å². The molecule has 4 nitrogen and oxygen atoms in total. The predicted octanol–water partition coefficient (Wildman–Crippen LogP) is 4.61. The Labute approximate surface area is 145 Å². The van der Waals surface area contributed by atoms with Gasteiger partial charge in [-0.15, -0.1) is 0 Å². The molecule has 1 heterocycles. The lowest BCUT2D eigenvalue weighted by Gasteiger charge is -2.15. The zero-order chi connectivity index (χ0) is 17.0. The number of furan rings is 1. The molecule has 0 aliphatic carbocycles. The molecule has 5 heteroatoms. The third kappa shape index (κ3) is 4.94. The van der Waals surface area contributed by atoms with E-state index < -0.39 is 12.0 Å². The Morgan fingerprint density at radius 3 is 2.65 bits per heavy atom. The highest BCUT2D eigenvalue weighted by molar-refractivity contribution is 9.10. The lowest BCUT2D eigenvalue weighted by molar-refractivity contribution is -0.140. The van der Waals surface area contributed by atoms with Crippen LogP contribution in [0.5, 0.6) is 0 Å². The zero-order valence-electron chi connectivity index (χ0n) is 13.6. The molecule has 1 unspecified atom stereocenters. The van der Waals surface area contributed by atoms with Crippen LogP contribution in [0.25, 0.3) is 11.3 Å². The summed E-state index contributed by atoms with van der Waals surface area (Å²) in [5.74, 6) is 1.01. The monoisotopic (exact) mass is 379 g/mol. The maximum Gasteiger partial charge on any atom is 0.320 e. The van der Waals surface area contributed by atoms with Crippen molar-refractivity contribution in [1.82, 2.24) is 5.32 Å². The molecule has 0 aliphatic rings. The number of halogens is 1. The molecule has 0 spiro atoms. The van der Waals surface area contributed by atoms with Crippen LogP contribution in [-0.4, -0.2) is 17.1 Å². The van der Waals surface area contributed by atoms with Gasteiger partial charge in [0.2, 0.25) is 0 Å². The van der Waals surface area contributed by atoms with Gasteiger partial charge in [-0.2, -0.15) is 0 Å². The largest absolute Gasteiger partial charge is 0.480 e. The second-order valence-corrected chi connectivity index (χ2v) is 6.99. The van der Waals surface area contributed by atoms with Gasteiger partial charge in [-0.05, 0) is 49.1 Å². The number of aliphatic carboxylic acids is 1. The Bertz CT molecular complexity index is 679. The van der Waals surface area contributed by atoms with E-state index in [2.05, 4.69) is 27.3 Å². The van der Waals surface area contributed by atoms with Crippen LogP contribution < -0.4 is 5.32 Å². The van der Waals surface area contributed by atoms with Crippen molar-refractivity contribution in [3.05, 3.63) is 46.1 Å². The van der Waals surface area contributed by atoms with Crippen molar-refractivity contribution in [2.45, 2.75) is 39.8 Å². The van der Waals surface area contributed by atoms with Crippen LogP contribution in [0.2, 0.25) is 0 Å².